The zero-order valence-corrected chi connectivity index (χ0v) is 9.19. The molecule has 1 aliphatic rings. The van der Waals surface area contributed by atoms with Crippen molar-refractivity contribution in [3.8, 4) is 5.75 Å². The monoisotopic (exact) mass is 221 g/mol. The molecule has 0 aromatic heterocycles. The van der Waals surface area contributed by atoms with Gasteiger partial charge in [-0.15, -0.1) is 0 Å². The second-order valence-electron chi connectivity index (χ2n) is 3.97. The Hall–Kier alpha value is -1.39. The molecule has 0 aliphatic carbocycles. The maximum Gasteiger partial charge on any atom is 0.161 e. The van der Waals surface area contributed by atoms with Crippen LogP contribution in [0.3, 0.4) is 0 Å². The average Bonchev–Trinajstić information content (AvgIpc) is 2.72. The zero-order valence-electron chi connectivity index (χ0n) is 9.19. The summed E-state index contributed by atoms with van der Waals surface area (Å²) in [4.78, 5) is 10.8. The molecule has 1 aromatic carbocycles. The van der Waals surface area contributed by atoms with Gasteiger partial charge in [-0.1, -0.05) is 6.07 Å². The zero-order chi connectivity index (χ0) is 11.5. The van der Waals surface area contributed by atoms with Crippen molar-refractivity contribution in [3.05, 3.63) is 29.3 Å². The average molecular weight is 221 g/mol. The van der Waals surface area contributed by atoms with E-state index in [0.29, 0.717) is 5.75 Å². The number of rotatable bonds is 4. The second kappa shape index (κ2) is 4.63. The van der Waals surface area contributed by atoms with E-state index in [1.54, 1.807) is 0 Å². The molecule has 1 aromatic rings. The van der Waals surface area contributed by atoms with E-state index >= 15 is 0 Å². The number of ketones is 1. The lowest BCUT2D eigenvalue weighted by atomic mass is 10.1. The molecule has 1 aliphatic heterocycles. The standard InChI is InChI=1S/C12H15NO3/c1-8(14)12(15)7-16-11-3-2-9-5-13-6-10(9)4-11/h2-4,12-13,15H,5-7H2,1H3/t12-/m1/s1. The highest BCUT2D eigenvalue weighted by molar-refractivity contribution is 5.80. The van der Waals surface area contributed by atoms with E-state index in [9.17, 15) is 9.90 Å². The number of aliphatic hydroxyl groups excluding tert-OH is 1. The minimum atomic E-state index is -1.04. The summed E-state index contributed by atoms with van der Waals surface area (Å²) in [6, 6.07) is 5.81. The predicted octanol–water partition coefficient (Wildman–Crippen LogP) is 0.619. The fourth-order valence-electron chi connectivity index (χ4n) is 1.65. The predicted molar refractivity (Wildman–Crippen MR) is 59.2 cm³/mol. The van der Waals surface area contributed by atoms with Crippen LogP contribution in [0.15, 0.2) is 18.2 Å². The first-order valence-electron chi connectivity index (χ1n) is 5.30. The number of fused-ring (bicyclic) bond motifs is 1. The molecule has 0 saturated carbocycles. The molecule has 0 amide bonds. The van der Waals surface area contributed by atoms with E-state index in [2.05, 4.69) is 5.32 Å². The van der Waals surface area contributed by atoms with Crippen LogP contribution in [0.4, 0.5) is 0 Å². The number of benzene rings is 1. The largest absolute Gasteiger partial charge is 0.490 e. The third-order valence-corrected chi connectivity index (χ3v) is 2.69. The first-order valence-corrected chi connectivity index (χ1v) is 5.30. The van der Waals surface area contributed by atoms with Gasteiger partial charge in [0.25, 0.3) is 0 Å². The fourth-order valence-corrected chi connectivity index (χ4v) is 1.65. The van der Waals surface area contributed by atoms with E-state index < -0.39 is 6.10 Å². The van der Waals surface area contributed by atoms with Gasteiger partial charge in [-0.05, 0) is 30.2 Å². The van der Waals surface area contributed by atoms with Gasteiger partial charge in [0.05, 0.1) is 0 Å². The number of nitrogens with one attached hydrogen (secondary N) is 1. The van der Waals surface area contributed by atoms with E-state index in [1.807, 2.05) is 18.2 Å². The van der Waals surface area contributed by atoms with Crippen molar-refractivity contribution in [2.45, 2.75) is 26.1 Å². The molecule has 1 heterocycles. The van der Waals surface area contributed by atoms with Gasteiger partial charge in [0.2, 0.25) is 0 Å². The molecule has 2 rings (SSSR count). The Morgan fingerprint density at radius 1 is 1.50 bits per heavy atom. The molecule has 4 heteroatoms. The quantitative estimate of drug-likeness (QED) is 0.782. The lowest BCUT2D eigenvalue weighted by Crippen LogP contribution is -2.25. The minimum Gasteiger partial charge on any atom is -0.490 e. The third kappa shape index (κ3) is 2.40. The molecule has 1 atom stereocenters. The molecule has 0 spiro atoms. The highest BCUT2D eigenvalue weighted by atomic mass is 16.5. The van der Waals surface area contributed by atoms with E-state index in [-0.39, 0.29) is 12.4 Å². The summed E-state index contributed by atoms with van der Waals surface area (Å²) in [6.07, 6.45) is -1.04. The number of hydrogen-bond acceptors (Lipinski definition) is 4. The first-order chi connectivity index (χ1) is 7.66. The summed E-state index contributed by atoms with van der Waals surface area (Å²) < 4.78 is 5.36. The molecule has 2 N–H and O–H groups in total. The van der Waals surface area contributed by atoms with Crippen molar-refractivity contribution >= 4 is 5.78 Å². The Bertz CT molecular complexity index is 403. The van der Waals surface area contributed by atoms with Crippen molar-refractivity contribution in [1.82, 2.24) is 5.32 Å². The Morgan fingerprint density at radius 2 is 2.25 bits per heavy atom. The molecule has 4 nitrogen and oxygen atoms in total. The summed E-state index contributed by atoms with van der Waals surface area (Å²) in [5.74, 6) is 0.422. The van der Waals surface area contributed by atoms with Gasteiger partial charge < -0.3 is 15.2 Å². The van der Waals surface area contributed by atoms with Crippen LogP contribution >= 0.6 is 0 Å². The highest BCUT2D eigenvalue weighted by Crippen LogP contribution is 2.21. The van der Waals surface area contributed by atoms with Gasteiger partial charge in [-0.3, -0.25) is 4.79 Å². The molecular weight excluding hydrogens is 206 g/mol. The SMILES string of the molecule is CC(=O)[C@H](O)COc1ccc2c(c1)CNC2. The normalized spacial score (nSPS) is 15.6. The maximum atomic E-state index is 10.8. The van der Waals surface area contributed by atoms with Crippen molar-refractivity contribution in [1.29, 1.82) is 0 Å². The Morgan fingerprint density at radius 3 is 3.00 bits per heavy atom. The summed E-state index contributed by atoms with van der Waals surface area (Å²) >= 11 is 0. The Kier molecular flexibility index (Phi) is 3.22. The fraction of sp³-hybridized carbons (Fsp3) is 0.417. The topological polar surface area (TPSA) is 58.6 Å². The molecule has 0 fully saturated rings. The molecule has 0 bridgehead atoms. The van der Waals surface area contributed by atoms with Crippen molar-refractivity contribution in [3.63, 3.8) is 0 Å². The molecular formula is C12H15NO3. The lowest BCUT2D eigenvalue weighted by Gasteiger charge is -2.10. The molecule has 0 radical (unpaired) electrons. The highest BCUT2D eigenvalue weighted by Gasteiger charge is 2.13. The van der Waals surface area contributed by atoms with Gasteiger partial charge in [-0.25, -0.2) is 0 Å². The summed E-state index contributed by atoms with van der Waals surface area (Å²) in [7, 11) is 0. The van der Waals surface area contributed by atoms with Crippen molar-refractivity contribution in [2.24, 2.45) is 0 Å². The molecule has 86 valence electrons. The summed E-state index contributed by atoms with van der Waals surface area (Å²) in [6.45, 7) is 3.11. The maximum absolute atomic E-state index is 10.8. The molecule has 0 saturated heterocycles. The number of hydrogen-bond donors (Lipinski definition) is 2. The van der Waals surface area contributed by atoms with Crippen LogP contribution in [-0.2, 0) is 17.9 Å². The van der Waals surface area contributed by atoms with Crippen molar-refractivity contribution in [2.75, 3.05) is 6.61 Å². The third-order valence-electron chi connectivity index (χ3n) is 2.69. The van der Waals surface area contributed by atoms with Crippen LogP contribution in [0.1, 0.15) is 18.1 Å². The number of Topliss-reactive ketones (excluding diaryl/α,β-unsaturated/α-hetero) is 1. The summed E-state index contributed by atoms with van der Waals surface area (Å²) in [5.41, 5.74) is 2.49. The van der Waals surface area contributed by atoms with Crippen LogP contribution in [-0.4, -0.2) is 23.6 Å². The summed E-state index contributed by atoms with van der Waals surface area (Å²) in [5, 5.41) is 12.5. The van der Waals surface area contributed by atoms with Gasteiger partial charge in [0.1, 0.15) is 18.5 Å². The van der Waals surface area contributed by atoms with Crippen LogP contribution in [0.25, 0.3) is 0 Å². The first kappa shape index (κ1) is 11.1. The van der Waals surface area contributed by atoms with Gasteiger partial charge in [0, 0.05) is 13.1 Å². The second-order valence-corrected chi connectivity index (χ2v) is 3.97. The van der Waals surface area contributed by atoms with Crippen LogP contribution in [0.2, 0.25) is 0 Å². The van der Waals surface area contributed by atoms with Gasteiger partial charge in [-0.2, -0.15) is 0 Å². The Balaban J connectivity index is 1.98. The van der Waals surface area contributed by atoms with E-state index in [0.717, 1.165) is 13.1 Å². The number of carbonyl (C=O) groups excluding carboxylic acids is 1. The Labute approximate surface area is 94.2 Å². The van der Waals surface area contributed by atoms with E-state index in [4.69, 9.17) is 4.74 Å². The lowest BCUT2D eigenvalue weighted by molar-refractivity contribution is -0.126. The molecule has 16 heavy (non-hydrogen) atoms. The van der Waals surface area contributed by atoms with Gasteiger partial charge >= 0.3 is 0 Å². The smallest absolute Gasteiger partial charge is 0.161 e. The molecule has 0 unspecified atom stereocenters. The van der Waals surface area contributed by atoms with Crippen LogP contribution < -0.4 is 10.1 Å². The number of carbonyl (C=O) groups is 1. The minimum absolute atomic E-state index is 0.0154. The van der Waals surface area contributed by atoms with Gasteiger partial charge in [0.15, 0.2) is 5.78 Å². The number of aliphatic hydroxyl groups is 1. The van der Waals surface area contributed by atoms with E-state index in [1.165, 1.54) is 18.1 Å². The van der Waals surface area contributed by atoms with Crippen LogP contribution in [0.5, 0.6) is 5.75 Å². The van der Waals surface area contributed by atoms with Crippen molar-refractivity contribution < 1.29 is 14.6 Å². The number of ether oxygens (including phenoxy) is 1. The van der Waals surface area contributed by atoms with Crippen LogP contribution in [0, 0.1) is 0 Å².